The summed E-state index contributed by atoms with van der Waals surface area (Å²) in [6.45, 7) is 0. The number of alkyl halides is 1. The van der Waals surface area contributed by atoms with Crippen molar-refractivity contribution in [1.82, 2.24) is 0 Å². The molecule has 1 saturated carbocycles. The molecule has 1 aliphatic carbocycles. The number of benzene rings is 1. The number of hydrogen-bond acceptors (Lipinski definition) is 1. The lowest BCUT2D eigenvalue weighted by molar-refractivity contribution is 0.374. The summed E-state index contributed by atoms with van der Waals surface area (Å²) in [6, 6.07) is 6.14. The van der Waals surface area contributed by atoms with Crippen LogP contribution in [0.1, 0.15) is 55.3 Å². The summed E-state index contributed by atoms with van der Waals surface area (Å²) in [5, 5.41) is 0.704. The Morgan fingerprint density at radius 3 is 2.37 bits per heavy atom. The number of ether oxygens (including phenoxy) is 1. The molecule has 0 N–H and O–H groups in total. The van der Waals surface area contributed by atoms with Gasteiger partial charge in [-0.2, -0.15) is 0 Å². The van der Waals surface area contributed by atoms with E-state index in [-0.39, 0.29) is 0 Å². The predicted octanol–water partition coefficient (Wildman–Crippen LogP) is 6.15. The molecule has 0 amide bonds. The van der Waals surface area contributed by atoms with Gasteiger partial charge in [-0.3, -0.25) is 0 Å². The minimum atomic E-state index is 0.411. The summed E-state index contributed by atoms with van der Waals surface area (Å²) in [5.41, 5.74) is 1.27. The molecule has 1 aromatic rings. The van der Waals surface area contributed by atoms with E-state index < -0.39 is 0 Å². The lowest BCUT2D eigenvalue weighted by Gasteiger charge is -2.25. The fraction of sp³-hybridized carbons (Fsp3) is 0.625. The Morgan fingerprint density at radius 1 is 1.16 bits per heavy atom. The van der Waals surface area contributed by atoms with Crippen LogP contribution >= 0.6 is 27.5 Å². The molecule has 19 heavy (non-hydrogen) atoms. The van der Waals surface area contributed by atoms with Crippen LogP contribution in [0.4, 0.5) is 0 Å². The van der Waals surface area contributed by atoms with Gasteiger partial charge in [0.2, 0.25) is 0 Å². The Labute approximate surface area is 129 Å². The van der Waals surface area contributed by atoms with Crippen LogP contribution in [-0.4, -0.2) is 7.11 Å². The third kappa shape index (κ3) is 4.13. The molecule has 0 radical (unpaired) electrons. The summed E-state index contributed by atoms with van der Waals surface area (Å²) < 4.78 is 5.21. The standard InChI is InChI=1S/C16H22BrClO/c1-19-15-10-9-13(11-14(15)18)16(17)12-7-5-3-2-4-6-8-12/h9-12,16H,2-8H2,1H3. The molecule has 0 heterocycles. The first kappa shape index (κ1) is 15.2. The second kappa shape index (κ2) is 7.54. The summed E-state index contributed by atoms with van der Waals surface area (Å²) in [7, 11) is 1.65. The third-order valence-electron chi connectivity index (χ3n) is 4.06. The van der Waals surface area contributed by atoms with Gasteiger partial charge in [0, 0.05) is 4.83 Å². The van der Waals surface area contributed by atoms with E-state index in [0.717, 1.165) is 11.7 Å². The van der Waals surface area contributed by atoms with Crippen molar-refractivity contribution in [1.29, 1.82) is 0 Å². The van der Waals surface area contributed by atoms with Gasteiger partial charge in [-0.05, 0) is 36.5 Å². The molecule has 1 nitrogen and oxygen atoms in total. The molecule has 1 aliphatic rings. The SMILES string of the molecule is COc1ccc(C(Br)C2CCCCCCC2)cc1Cl. The molecule has 0 aliphatic heterocycles. The molecule has 1 atom stereocenters. The van der Waals surface area contributed by atoms with Gasteiger partial charge >= 0.3 is 0 Å². The largest absolute Gasteiger partial charge is 0.495 e. The van der Waals surface area contributed by atoms with Gasteiger partial charge < -0.3 is 4.74 Å². The van der Waals surface area contributed by atoms with Crippen molar-refractivity contribution in [3.63, 3.8) is 0 Å². The minimum absolute atomic E-state index is 0.411. The second-order valence-electron chi connectivity index (χ2n) is 5.40. The average Bonchev–Trinajstić information content (AvgIpc) is 2.37. The molecule has 2 rings (SSSR count). The van der Waals surface area contributed by atoms with Gasteiger partial charge in [-0.25, -0.2) is 0 Å². The van der Waals surface area contributed by atoms with E-state index in [1.165, 1.54) is 50.5 Å². The summed E-state index contributed by atoms with van der Waals surface area (Å²) in [5.74, 6) is 1.48. The van der Waals surface area contributed by atoms with E-state index in [2.05, 4.69) is 22.0 Å². The zero-order valence-corrected chi connectivity index (χ0v) is 13.8. The molecule has 3 heteroatoms. The first-order valence-electron chi connectivity index (χ1n) is 7.20. The maximum atomic E-state index is 6.23. The van der Waals surface area contributed by atoms with Crippen LogP contribution in [0.5, 0.6) is 5.75 Å². The van der Waals surface area contributed by atoms with Gasteiger partial charge in [0.05, 0.1) is 12.1 Å². The molecule has 0 spiro atoms. The Balaban J connectivity index is 2.08. The van der Waals surface area contributed by atoms with Crippen molar-refractivity contribution in [2.24, 2.45) is 5.92 Å². The maximum Gasteiger partial charge on any atom is 0.137 e. The van der Waals surface area contributed by atoms with Crippen LogP contribution in [0.15, 0.2) is 18.2 Å². The fourth-order valence-corrected chi connectivity index (χ4v) is 3.99. The molecule has 106 valence electrons. The lowest BCUT2D eigenvalue weighted by Crippen LogP contribution is -2.10. The molecule has 0 aromatic heterocycles. The van der Waals surface area contributed by atoms with Crippen LogP contribution in [-0.2, 0) is 0 Å². The van der Waals surface area contributed by atoms with Gasteiger partial charge in [-0.15, -0.1) is 0 Å². The highest BCUT2D eigenvalue weighted by molar-refractivity contribution is 9.09. The molecular weight excluding hydrogens is 324 g/mol. The van der Waals surface area contributed by atoms with Crippen molar-refractivity contribution in [2.75, 3.05) is 7.11 Å². The summed E-state index contributed by atoms with van der Waals surface area (Å²) in [6.07, 6.45) is 9.54. The van der Waals surface area contributed by atoms with Crippen LogP contribution in [0, 0.1) is 5.92 Å². The van der Waals surface area contributed by atoms with Crippen molar-refractivity contribution in [3.05, 3.63) is 28.8 Å². The lowest BCUT2D eigenvalue weighted by atomic mass is 9.86. The molecule has 0 saturated heterocycles. The Kier molecular flexibility index (Phi) is 6.03. The van der Waals surface area contributed by atoms with Crippen molar-refractivity contribution < 1.29 is 4.74 Å². The zero-order valence-electron chi connectivity index (χ0n) is 11.5. The van der Waals surface area contributed by atoms with Gasteiger partial charge in [-0.1, -0.05) is 65.7 Å². The highest BCUT2D eigenvalue weighted by atomic mass is 79.9. The highest BCUT2D eigenvalue weighted by Gasteiger charge is 2.22. The molecule has 0 bridgehead atoms. The predicted molar refractivity (Wildman–Crippen MR) is 85.5 cm³/mol. The second-order valence-corrected chi connectivity index (χ2v) is 6.79. The minimum Gasteiger partial charge on any atom is -0.495 e. The van der Waals surface area contributed by atoms with Crippen LogP contribution in [0.3, 0.4) is 0 Å². The molecule has 1 fully saturated rings. The first-order valence-corrected chi connectivity index (χ1v) is 8.49. The van der Waals surface area contributed by atoms with Gasteiger partial charge in [0.25, 0.3) is 0 Å². The van der Waals surface area contributed by atoms with E-state index in [9.17, 15) is 0 Å². The number of hydrogen-bond donors (Lipinski definition) is 0. The summed E-state index contributed by atoms with van der Waals surface area (Å²) in [4.78, 5) is 0.411. The monoisotopic (exact) mass is 344 g/mol. The van der Waals surface area contributed by atoms with Gasteiger partial charge in [0.1, 0.15) is 5.75 Å². The maximum absolute atomic E-state index is 6.23. The number of rotatable bonds is 3. The topological polar surface area (TPSA) is 9.23 Å². The van der Waals surface area contributed by atoms with E-state index in [1.54, 1.807) is 7.11 Å². The van der Waals surface area contributed by atoms with Crippen molar-refractivity contribution in [2.45, 2.75) is 49.8 Å². The summed E-state index contributed by atoms with van der Waals surface area (Å²) >= 11 is 10.1. The first-order chi connectivity index (χ1) is 9.22. The fourth-order valence-electron chi connectivity index (χ4n) is 2.91. The Hall–Kier alpha value is -0.210. The third-order valence-corrected chi connectivity index (χ3v) is 5.63. The number of halogens is 2. The smallest absolute Gasteiger partial charge is 0.137 e. The van der Waals surface area contributed by atoms with Crippen LogP contribution in [0.25, 0.3) is 0 Å². The molecule has 1 unspecified atom stereocenters. The van der Waals surface area contributed by atoms with E-state index in [1.807, 2.05) is 12.1 Å². The van der Waals surface area contributed by atoms with Crippen LogP contribution < -0.4 is 4.74 Å². The van der Waals surface area contributed by atoms with E-state index in [0.29, 0.717) is 9.85 Å². The van der Waals surface area contributed by atoms with E-state index >= 15 is 0 Å². The Bertz CT molecular complexity index is 400. The Morgan fingerprint density at radius 2 is 1.79 bits per heavy atom. The van der Waals surface area contributed by atoms with Crippen LogP contribution in [0.2, 0.25) is 5.02 Å². The highest BCUT2D eigenvalue weighted by Crippen LogP contribution is 2.40. The van der Waals surface area contributed by atoms with E-state index in [4.69, 9.17) is 16.3 Å². The average molecular weight is 346 g/mol. The van der Waals surface area contributed by atoms with Crippen molar-refractivity contribution in [3.8, 4) is 5.75 Å². The quantitative estimate of drug-likeness (QED) is 0.597. The zero-order chi connectivity index (χ0) is 13.7. The molecule has 1 aromatic carbocycles. The molecular formula is C16H22BrClO. The van der Waals surface area contributed by atoms with Gasteiger partial charge in [0.15, 0.2) is 0 Å². The van der Waals surface area contributed by atoms with Crippen molar-refractivity contribution >= 4 is 27.5 Å². The number of methoxy groups -OCH3 is 1. The normalized spacial score (nSPS) is 19.5.